The van der Waals surface area contributed by atoms with Gasteiger partial charge in [-0.2, -0.15) is 0 Å². The van der Waals surface area contributed by atoms with Gasteiger partial charge >= 0.3 is 0 Å². The number of aromatic nitrogens is 2. The van der Waals surface area contributed by atoms with Crippen molar-refractivity contribution in [3.05, 3.63) is 64.4 Å². The Morgan fingerprint density at radius 1 is 1.13 bits per heavy atom. The third kappa shape index (κ3) is 3.07. The van der Waals surface area contributed by atoms with E-state index in [4.69, 9.17) is 0 Å². The lowest BCUT2D eigenvalue weighted by molar-refractivity contribution is 0.497. The van der Waals surface area contributed by atoms with Crippen molar-refractivity contribution < 1.29 is 0 Å². The number of hydrogen-bond acceptors (Lipinski definition) is 4. The van der Waals surface area contributed by atoms with Crippen LogP contribution in [0.5, 0.6) is 0 Å². The van der Waals surface area contributed by atoms with Gasteiger partial charge in [0.05, 0.1) is 5.52 Å². The number of benzene rings is 2. The fourth-order valence-electron chi connectivity index (χ4n) is 3.05. The first kappa shape index (κ1) is 14.6. The van der Waals surface area contributed by atoms with E-state index in [1.54, 1.807) is 6.33 Å². The third-order valence-corrected chi connectivity index (χ3v) is 4.77. The number of nitrogens with zero attached hydrogens (tertiary/aromatic N) is 2. The van der Waals surface area contributed by atoms with Crippen LogP contribution in [0, 0.1) is 0 Å². The van der Waals surface area contributed by atoms with Crippen LogP contribution in [0.25, 0.3) is 10.9 Å². The first-order chi connectivity index (χ1) is 11.3. The normalized spacial score (nSPS) is 17.0. The fourth-order valence-corrected chi connectivity index (χ4v) is 3.42. The second-order valence-electron chi connectivity index (χ2n) is 5.82. The summed E-state index contributed by atoms with van der Waals surface area (Å²) in [6.45, 7) is 1.77. The molecular weight excluding hydrogens is 352 g/mol. The third-order valence-electron chi connectivity index (χ3n) is 4.28. The maximum absolute atomic E-state index is 4.41. The minimum absolute atomic E-state index is 0.405. The van der Waals surface area contributed by atoms with Crippen molar-refractivity contribution in [3.63, 3.8) is 0 Å². The second-order valence-corrected chi connectivity index (χ2v) is 6.73. The molecule has 0 saturated heterocycles. The van der Waals surface area contributed by atoms with Gasteiger partial charge in [-0.3, -0.25) is 0 Å². The van der Waals surface area contributed by atoms with Crippen LogP contribution in [0.4, 0.5) is 5.82 Å². The van der Waals surface area contributed by atoms with Crippen LogP contribution < -0.4 is 10.6 Å². The molecule has 1 aromatic heterocycles. The first-order valence-corrected chi connectivity index (χ1v) is 8.53. The number of halogens is 1. The van der Waals surface area contributed by atoms with E-state index in [9.17, 15) is 0 Å². The van der Waals surface area contributed by atoms with Crippen molar-refractivity contribution in [1.29, 1.82) is 0 Å². The Bertz CT molecular complexity index is 849. The van der Waals surface area contributed by atoms with E-state index < -0.39 is 0 Å². The summed E-state index contributed by atoms with van der Waals surface area (Å²) in [6, 6.07) is 15.1. The molecule has 3 aromatic rings. The van der Waals surface area contributed by atoms with Crippen LogP contribution in [0.1, 0.15) is 11.1 Å². The SMILES string of the molecule is Brc1ccc2ncnc(NCC3Cc4ccccc4CN3)c2c1. The van der Waals surface area contributed by atoms with Gasteiger partial charge in [0.25, 0.3) is 0 Å². The summed E-state index contributed by atoms with van der Waals surface area (Å²) in [5, 5.41) is 8.11. The predicted molar refractivity (Wildman–Crippen MR) is 96.5 cm³/mol. The van der Waals surface area contributed by atoms with Gasteiger partial charge in [0.2, 0.25) is 0 Å². The highest BCUT2D eigenvalue weighted by Crippen LogP contribution is 2.23. The molecule has 4 nitrogen and oxygen atoms in total. The Labute approximate surface area is 143 Å². The van der Waals surface area contributed by atoms with Crippen molar-refractivity contribution in [1.82, 2.24) is 15.3 Å². The molecule has 2 heterocycles. The summed E-state index contributed by atoms with van der Waals surface area (Å²) < 4.78 is 1.03. The zero-order valence-corrected chi connectivity index (χ0v) is 14.2. The van der Waals surface area contributed by atoms with E-state index in [1.807, 2.05) is 12.1 Å². The number of hydrogen-bond donors (Lipinski definition) is 2. The largest absolute Gasteiger partial charge is 0.368 e. The predicted octanol–water partition coefficient (Wildman–Crippen LogP) is 3.52. The Morgan fingerprint density at radius 2 is 2.00 bits per heavy atom. The topological polar surface area (TPSA) is 49.8 Å². The zero-order chi connectivity index (χ0) is 15.6. The quantitative estimate of drug-likeness (QED) is 0.742. The molecule has 5 heteroatoms. The van der Waals surface area contributed by atoms with Gasteiger partial charge in [-0.1, -0.05) is 40.2 Å². The molecule has 23 heavy (non-hydrogen) atoms. The minimum Gasteiger partial charge on any atom is -0.368 e. The summed E-state index contributed by atoms with van der Waals surface area (Å²) in [5.41, 5.74) is 3.79. The van der Waals surface area contributed by atoms with Gasteiger partial charge in [0.1, 0.15) is 12.1 Å². The van der Waals surface area contributed by atoms with Crippen LogP contribution in [-0.4, -0.2) is 22.6 Å². The molecule has 0 spiro atoms. The lowest BCUT2D eigenvalue weighted by Gasteiger charge is -2.26. The maximum Gasteiger partial charge on any atom is 0.137 e. The average Bonchev–Trinajstić information content (AvgIpc) is 2.59. The minimum atomic E-state index is 0.405. The molecule has 116 valence electrons. The van der Waals surface area contributed by atoms with Crippen LogP contribution >= 0.6 is 15.9 Å². The zero-order valence-electron chi connectivity index (χ0n) is 12.6. The Morgan fingerprint density at radius 3 is 2.91 bits per heavy atom. The monoisotopic (exact) mass is 368 g/mol. The van der Waals surface area contributed by atoms with E-state index in [0.717, 1.165) is 40.7 Å². The molecule has 0 aliphatic carbocycles. The van der Waals surface area contributed by atoms with Crippen LogP contribution in [0.2, 0.25) is 0 Å². The van der Waals surface area contributed by atoms with E-state index in [2.05, 4.69) is 66.9 Å². The van der Waals surface area contributed by atoms with E-state index in [-0.39, 0.29) is 0 Å². The standard InChI is InChI=1S/C18H17BrN4/c19-14-5-6-17-16(8-14)18(23-11-22-17)21-10-15-7-12-3-1-2-4-13(12)9-20-15/h1-6,8,11,15,20H,7,9-10H2,(H,21,22,23). The molecule has 0 bridgehead atoms. The molecule has 1 unspecified atom stereocenters. The molecule has 0 radical (unpaired) electrons. The molecule has 1 atom stereocenters. The van der Waals surface area contributed by atoms with Crippen molar-refractivity contribution >= 4 is 32.7 Å². The van der Waals surface area contributed by atoms with Crippen molar-refractivity contribution in [2.75, 3.05) is 11.9 Å². The highest BCUT2D eigenvalue weighted by atomic mass is 79.9. The second kappa shape index (κ2) is 6.26. The summed E-state index contributed by atoms with van der Waals surface area (Å²) in [5.74, 6) is 0.886. The summed E-state index contributed by atoms with van der Waals surface area (Å²) in [4.78, 5) is 8.73. The van der Waals surface area contributed by atoms with Crippen molar-refractivity contribution in [3.8, 4) is 0 Å². The molecular formula is C18H17BrN4. The molecule has 2 aromatic carbocycles. The Kier molecular flexibility index (Phi) is 3.97. The fraction of sp³-hybridized carbons (Fsp3) is 0.222. The molecule has 0 amide bonds. The van der Waals surface area contributed by atoms with Gasteiger partial charge in [-0.25, -0.2) is 9.97 Å². The van der Waals surface area contributed by atoms with E-state index in [0.29, 0.717) is 6.04 Å². The van der Waals surface area contributed by atoms with Crippen molar-refractivity contribution in [2.45, 2.75) is 19.0 Å². The number of fused-ring (bicyclic) bond motifs is 2. The molecule has 1 aliphatic heterocycles. The highest BCUT2D eigenvalue weighted by molar-refractivity contribution is 9.10. The number of rotatable bonds is 3. The van der Waals surface area contributed by atoms with Gasteiger partial charge in [-0.15, -0.1) is 0 Å². The Balaban J connectivity index is 1.51. The van der Waals surface area contributed by atoms with E-state index in [1.165, 1.54) is 11.1 Å². The number of nitrogens with one attached hydrogen (secondary N) is 2. The van der Waals surface area contributed by atoms with Crippen LogP contribution in [0.15, 0.2) is 53.3 Å². The summed E-state index contributed by atoms with van der Waals surface area (Å²) in [6.07, 6.45) is 2.65. The van der Waals surface area contributed by atoms with Gasteiger partial charge in [0, 0.05) is 29.0 Å². The summed E-state index contributed by atoms with van der Waals surface area (Å²) in [7, 11) is 0. The van der Waals surface area contributed by atoms with Gasteiger partial charge < -0.3 is 10.6 Å². The van der Waals surface area contributed by atoms with Gasteiger partial charge in [0.15, 0.2) is 0 Å². The first-order valence-electron chi connectivity index (χ1n) is 7.74. The molecule has 1 aliphatic rings. The highest BCUT2D eigenvalue weighted by Gasteiger charge is 2.17. The number of anilines is 1. The maximum atomic E-state index is 4.41. The van der Waals surface area contributed by atoms with Gasteiger partial charge in [-0.05, 0) is 35.7 Å². The lowest BCUT2D eigenvalue weighted by atomic mass is 9.96. The lowest BCUT2D eigenvalue weighted by Crippen LogP contribution is -2.40. The molecule has 2 N–H and O–H groups in total. The Hall–Kier alpha value is -1.98. The summed E-state index contributed by atoms with van der Waals surface area (Å²) >= 11 is 3.52. The van der Waals surface area contributed by atoms with E-state index >= 15 is 0 Å². The van der Waals surface area contributed by atoms with Crippen molar-refractivity contribution in [2.24, 2.45) is 0 Å². The average molecular weight is 369 g/mol. The smallest absolute Gasteiger partial charge is 0.137 e. The molecule has 4 rings (SSSR count). The van der Waals surface area contributed by atoms with Crippen LogP contribution in [-0.2, 0) is 13.0 Å². The van der Waals surface area contributed by atoms with Crippen LogP contribution in [0.3, 0.4) is 0 Å². The molecule has 0 saturated carbocycles. The molecule has 0 fully saturated rings.